The minimum absolute atomic E-state index is 0. The standard InChI is InChI=1S/C28H33NO4.HI/c1-4-20-5-7-21(8-6-20)15-25-29-24(19(2)33-25)11-14-32-23-10-13-28-18-27(28,17-23)12-9-22(28)16-26(30)31-3;/h5-8,10,13,17,22H,4,9,11-12,14-16,18H2,1-3H3;1H/t22-,27?,28?;/m0./s1. The van der Waals surface area contributed by atoms with E-state index >= 15 is 0 Å². The number of halogens is 1. The summed E-state index contributed by atoms with van der Waals surface area (Å²) in [6, 6.07) is 8.64. The van der Waals surface area contributed by atoms with Gasteiger partial charge in [0.25, 0.3) is 0 Å². The van der Waals surface area contributed by atoms with Crippen molar-refractivity contribution in [3.05, 3.63) is 76.7 Å². The lowest BCUT2D eigenvalue weighted by Gasteiger charge is -2.23. The summed E-state index contributed by atoms with van der Waals surface area (Å²) in [5.74, 6) is 2.85. The molecule has 0 saturated heterocycles. The van der Waals surface area contributed by atoms with E-state index in [1.54, 1.807) is 0 Å². The van der Waals surface area contributed by atoms with Crippen molar-refractivity contribution >= 4 is 29.9 Å². The normalized spacial score (nSPS) is 26.2. The van der Waals surface area contributed by atoms with E-state index in [4.69, 9.17) is 18.9 Å². The summed E-state index contributed by atoms with van der Waals surface area (Å²) in [6.45, 7) is 4.71. The number of benzene rings is 1. The fourth-order valence-corrected chi connectivity index (χ4v) is 6.00. The maximum absolute atomic E-state index is 11.8. The van der Waals surface area contributed by atoms with Crippen LogP contribution in [0.15, 0.2) is 52.7 Å². The molecule has 0 radical (unpaired) electrons. The van der Waals surface area contributed by atoms with Gasteiger partial charge in [-0.05, 0) is 61.8 Å². The van der Waals surface area contributed by atoms with Gasteiger partial charge in [-0.15, -0.1) is 24.0 Å². The van der Waals surface area contributed by atoms with Gasteiger partial charge in [-0.3, -0.25) is 4.79 Å². The van der Waals surface area contributed by atoms with Crippen LogP contribution < -0.4 is 0 Å². The second-order valence-corrected chi connectivity index (χ2v) is 9.82. The molecule has 3 aliphatic rings. The summed E-state index contributed by atoms with van der Waals surface area (Å²) < 4.78 is 17.0. The molecular weight excluding hydrogens is 541 g/mol. The van der Waals surface area contributed by atoms with E-state index in [2.05, 4.69) is 49.4 Å². The predicted octanol–water partition coefficient (Wildman–Crippen LogP) is 6.12. The highest BCUT2D eigenvalue weighted by Gasteiger charge is 2.72. The van der Waals surface area contributed by atoms with Crippen LogP contribution in [0, 0.1) is 23.7 Å². The smallest absolute Gasteiger partial charge is 0.305 e. The number of allylic oxidation sites excluding steroid dienone is 3. The highest BCUT2D eigenvalue weighted by molar-refractivity contribution is 14.0. The minimum atomic E-state index is -0.100. The van der Waals surface area contributed by atoms with Crippen LogP contribution >= 0.6 is 24.0 Å². The van der Waals surface area contributed by atoms with E-state index in [0.29, 0.717) is 25.4 Å². The van der Waals surface area contributed by atoms with Crippen molar-refractivity contribution in [3.63, 3.8) is 0 Å². The molecule has 0 spiro atoms. The molecule has 2 saturated carbocycles. The molecule has 2 unspecified atom stereocenters. The molecule has 34 heavy (non-hydrogen) atoms. The van der Waals surface area contributed by atoms with Gasteiger partial charge >= 0.3 is 5.97 Å². The average molecular weight is 575 g/mol. The molecule has 2 fully saturated rings. The SMILES string of the molecule is CCc1ccc(Cc2nc(CCOC3=CC45CC[C@@H](CC(=O)OC)C4(C=C3)C5)c(C)o2)cc1.I. The number of aryl methyl sites for hydroxylation is 2. The second-order valence-electron chi connectivity index (χ2n) is 9.82. The van der Waals surface area contributed by atoms with E-state index in [0.717, 1.165) is 55.2 Å². The lowest BCUT2D eigenvalue weighted by atomic mass is 9.83. The Hall–Kier alpha value is -2.09. The molecule has 2 aromatic rings. The van der Waals surface area contributed by atoms with Crippen molar-refractivity contribution < 1.29 is 18.7 Å². The van der Waals surface area contributed by atoms with Crippen LogP contribution in [0.25, 0.3) is 0 Å². The zero-order valence-corrected chi connectivity index (χ0v) is 22.6. The molecule has 0 amide bonds. The first-order valence-electron chi connectivity index (χ1n) is 12.1. The van der Waals surface area contributed by atoms with Gasteiger partial charge in [-0.1, -0.05) is 37.3 Å². The fourth-order valence-electron chi connectivity index (χ4n) is 6.00. The van der Waals surface area contributed by atoms with Crippen LogP contribution in [0.5, 0.6) is 0 Å². The molecule has 5 nitrogen and oxygen atoms in total. The van der Waals surface area contributed by atoms with Crippen LogP contribution in [0.1, 0.15) is 61.1 Å². The van der Waals surface area contributed by atoms with Crippen molar-refractivity contribution in [2.45, 2.75) is 58.8 Å². The van der Waals surface area contributed by atoms with E-state index in [1.807, 2.05) is 6.92 Å². The number of aromatic nitrogens is 1. The molecule has 5 rings (SSSR count). The maximum Gasteiger partial charge on any atom is 0.305 e. The van der Waals surface area contributed by atoms with Crippen molar-refractivity contribution in [2.24, 2.45) is 16.7 Å². The van der Waals surface area contributed by atoms with Gasteiger partial charge in [-0.2, -0.15) is 0 Å². The van der Waals surface area contributed by atoms with Crippen LogP contribution in [0.3, 0.4) is 0 Å². The highest BCUT2D eigenvalue weighted by atomic mass is 127. The number of carbonyl (C=O) groups excluding carboxylic acids is 1. The minimum Gasteiger partial charge on any atom is -0.494 e. The number of carbonyl (C=O) groups is 1. The first-order valence-corrected chi connectivity index (χ1v) is 12.1. The third-order valence-corrected chi connectivity index (χ3v) is 8.01. The summed E-state index contributed by atoms with van der Waals surface area (Å²) in [5.41, 5.74) is 3.84. The van der Waals surface area contributed by atoms with Crippen LogP contribution in [0.2, 0.25) is 0 Å². The summed E-state index contributed by atoms with van der Waals surface area (Å²) in [7, 11) is 1.47. The zero-order valence-electron chi connectivity index (χ0n) is 20.3. The maximum atomic E-state index is 11.8. The first kappa shape index (κ1) is 25.0. The third kappa shape index (κ3) is 4.58. The number of ether oxygens (including phenoxy) is 2. The molecule has 0 bridgehead atoms. The Kier molecular flexibility index (Phi) is 7.27. The van der Waals surface area contributed by atoms with Gasteiger partial charge in [-0.25, -0.2) is 4.98 Å². The molecule has 3 aliphatic carbocycles. The Morgan fingerprint density at radius 3 is 2.74 bits per heavy atom. The van der Waals surface area contributed by atoms with Gasteiger partial charge in [0.15, 0.2) is 5.89 Å². The molecule has 3 atom stereocenters. The van der Waals surface area contributed by atoms with Gasteiger partial charge in [0, 0.05) is 30.1 Å². The topological polar surface area (TPSA) is 61.6 Å². The largest absolute Gasteiger partial charge is 0.494 e. The average Bonchev–Trinajstić information content (AvgIpc) is 3.24. The number of nitrogens with zero attached hydrogens (tertiary/aromatic N) is 1. The van der Waals surface area contributed by atoms with E-state index < -0.39 is 0 Å². The number of hydrogen-bond donors (Lipinski definition) is 0. The third-order valence-electron chi connectivity index (χ3n) is 8.01. The molecule has 1 aromatic heterocycles. The highest BCUT2D eigenvalue weighted by Crippen LogP contribution is 2.79. The predicted molar refractivity (Wildman–Crippen MR) is 141 cm³/mol. The molecule has 1 aromatic carbocycles. The quantitative estimate of drug-likeness (QED) is 0.267. The summed E-state index contributed by atoms with van der Waals surface area (Å²) in [4.78, 5) is 16.5. The summed E-state index contributed by atoms with van der Waals surface area (Å²) in [6.07, 6.45) is 13.0. The second kappa shape index (κ2) is 9.88. The molecule has 0 aliphatic heterocycles. The zero-order chi connectivity index (χ0) is 23.1. The Morgan fingerprint density at radius 2 is 2.00 bits per heavy atom. The molecule has 0 N–H and O–H groups in total. The Labute approximate surface area is 219 Å². The van der Waals surface area contributed by atoms with E-state index in [1.165, 1.54) is 18.2 Å². The van der Waals surface area contributed by atoms with Crippen LogP contribution in [0.4, 0.5) is 0 Å². The van der Waals surface area contributed by atoms with Crippen molar-refractivity contribution in [2.75, 3.05) is 13.7 Å². The van der Waals surface area contributed by atoms with Crippen molar-refractivity contribution in [3.8, 4) is 0 Å². The van der Waals surface area contributed by atoms with Crippen LogP contribution in [-0.4, -0.2) is 24.7 Å². The van der Waals surface area contributed by atoms with Crippen LogP contribution in [-0.2, 0) is 33.5 Å². The molecule has 6 heteroatoms. The van der Waals surface area contributed by atoms with E-state index in [-0.39, 0.29) is 40.8 Å². The Balaban J connectivity index is 0.00000274. The van der Waals surface area contributed by atoms with Gasteiger partial charge in [0.1, 0.15) is 11.5 Å². The lowest BCUT2D eigenvalue weighted by Crippen LogP contribution is -2.19. The van der Waals surface area contributed by atoms with E-state index in [9.17, 15) is 4.79 Å². The summed E-state index contributed by atoms with van der Waals surface area (Å²) >= 11 is 0. The fraction of sp³-hybridized carbons (Fsp3) is 0.500. The van der Waals surface area contributed by atoms with Crippen molar-refractivity contribution in [1.82, 2.24) is 4.98 Å². The Bertz CT molecular complexity index is 1100. The van der Waals surface area contributed by atoms with Gasteiger partial charge in [0.2, 0.25) is 0 Å². The van der Waals surface area contributed by atoms with Crippen molar-refractivity contribution in [1.29, 1.82) is 0 Å². The Morgan fingerprint density at radius 1 is 1.24 bits per heavy atom. The van der Waals surface area contributed by atoms with Gasteiger partial charge < -0.3 is 13.9 Å². The van der Waals surface area contributed by atoms with Gasteiger partial charge in [0.05, 0.1) is 19.4 Å². The number of rotatable bonds is 9. The number of oxazole rings is 1. The molecular formula is C28H34INO4. The monoisotopic (exact) mass is 575 g/mol. The molecule has 182 valence electrons. The molecule has 1 heterocycles. The number of esters is 1. The number of hydrogen-bond acceptors (Lipinski definition) is 5. The number of methoxy groups -OCH3 is 1. The summed E-state index contributed by atoms with van der Waals surface area (Å²) in [5, 5.41) is 0. The lowest BCUT2D eigenvalue weighted by molar-refractivity contribution is -0.142. The first-order chi connectivity index (χ1) is 16.0.